The quantitative estimate of drug-likeness (QED) is 0.869. The van der Waals surface area contributed by atoms with Crippen molar-refractivity contribution in [3.8, 4) is 0 Å². The third kappa shape index (κ3) is 3.10. The summed E-state index contributed by atoms with van der Waals surface area (Å²) in [5, 5.41) is 4.09. The van der Waals surface area contributed by atoms with Crippen LogP contribution >= 0.6 is 15.9 Å². The van der Waals surface area contributed by atoms with Crippen molar-refractivity contribution >= 4 is 21.8 Å². The lowest BCUT2D eigenvalue weighted by Gasteiger charge is -2.18. The Labute approximate surface area is 117 Å². The van der Waals surface area contributed by atoms with Gasteiger partial charge in [0.25, 0.3) is 5.91 Å². The second kappa shape index (κ2) is 6.32. The van der Waals surface area contributed by atoms with E-state index in [1.54, 1.807) is 12.3 Å². The van der Waals surface area contributed by atoms with E-state index < -0.39 is 0 Å². The summed E-state index contributed by atoms with van der Waals surface area (Å²) in [5.41, 5.74) is 1.48. The van der Waals surface area contributed by atoms with E-state index in [9.17, 15) is 4.79 Å². The molecule has 1 heterocycles. The van der Waals surface area contributed by atoms with E-state index in [2.05, 4.69) is 26.2 Å². The molecule has 98 valence electrons. The number of amides is 1. The maximum Gasteiger partial charge on any atom is 0.253 e. The summed E-state index contributed by atoms with van der Waals surface area (Å²) in [6.45, 7) is 2.65. The summed E-state index contributed by atoms with van der Waals surface area (Å²) in [5.74, 6) is 1.33. The fourth-order valence-corrected chi connectivity index (χ4v) is 3.48. The molecule has 1 aromatic rings. The smallest absolute Gasteiger partial charge is 0.253 e. The number of nitrogens with one attached hydrogen (secondary N) is 1. The van der Waals surface area contributed by atoms with Crippen LogP contribution in [0, 0.1) is 18.8 Å². The number of aryl methyl sites for hydroxylation is 1. The SMILES string of the molecule is Cc1ncccc1C(=O)NCC1CCCC1CBr. The number of aromatic nitrogens is 1. The number of rotatable bonds is 4. The molecule has 0 radical (unpaired) electrons. The zero-order valence-corrected chi connectivity index (χ0v) is 12.2. The van der Waals surface area contributed by atoms with E-state index in [0.717, 1.165) is 17.6 Å². The molecule has 1 amide bonds. The highest BCUT2D eigenvalue weighted by atomic mass is 79.9. The van der Waals surface area contributed by atoms with Gasteiger partial charge >= 0.3 is 0 Å². The van der Waals surface area contributed by atoms with Crippen LogP contribution in [0.4, 0.5) is 0 Å². The number of hydrogen-bond acceptors (Lipinski definition) is 2. The first kappa shape index (κ1) is 13.5. The Morgan fingerprint density at radius 2 is 2.28 bits per heavy atom. The van der Waals surface area contributed by atoms with Gasteiger partial charge in [-0.05, 0) is 43.7 Å². The fourth-order valence-electron chi connectivity index (χ4n) is 2.63. The topological polar surface area (TPSA) is 42.0 Å². The van der Waals surface area contributed by atoms with E-state index in [1.807, 2.05) is 13.0 Å². The Morgan fingerprint density at radius 3 is 3.00 bits per heavy atom. The maximum absolute atomic E-state index is 12.1. The van der Waals surface area contributed by atoms with Crippen LogP contribution in [0.2, 0.25) is 0 Å². The van der Waals surface area contributed by atoms with Crippen LogP contribution in [0.5, 0.6) is 0 Å². The summed E-state index contributed by atoms with van der Waals surface area (Å²) in [4.78, 5) is 16.2. The Kier molecular flexibility index (Phi) is 4.75. The van der Waals surface area contributed by atoms with Gasteiger partial charge in [-0.2, -0.15) is 0 Å². The number of alkyl halides is 1. The van der Waals surface area contributed by atoms with Gasteiger partial charge in [-0.15, -0.1) is 0 Å². The second-order valence-electron chi connectivity index (χ2n) is 4.95. The van der Waals surface area contributed by atoms with Gasteiger partial charge in [-0.1, -0.05) is 22.4 Å². The van der Waals surface area contributed by atoms with E-state index >= 15 is 0 Å². The van der Waals surface area contributed by atoms with Gasteiger partial charge in [-0.25, -0.2) is 0 Å². The molecule has 0 spiro atoms. The predicted molar refractivity (Wildman–Crippen MR) is 75.9 cm³/mol. The van der Waals surface area contributed by atoms with Gasteiger partial charge in [-0.3, -0.25) is 9.78 Å². The molecule has 2 unspecified atom stereocenters. The lowest BCUT2D eigenvalue weighted by molar-refractivity contribution is 0.0943. The largest absolute Gasteiger partial charge is 0.352 e. The number of nitrogens with zero attached hydrogens (tertiary/aromatic N) is 1. The van der Waals surface area contributed by atoms with Crippen LogP contribution in [0.25, 0.3) is 0 Å². The van der Waals surface area contributed by atoms with Crippen LogP contribution < -0.4 is 5.32 Å². The number of carbonyl (C=O) groups is 1. The normalized spacial score (nSPS) is 23.0. The van der Waals surface area contributed by atoms with Crippen molar-refractivity contribution in [2.75, 3.05) is 11.9 Å². The first-order chi connectivity index (χ1) is 8.72. The van der Waals surface area contributed by atoms with Crippen molar-refractivity contribution in [2.45, 2.75) is 26.2 Å². The van der Waals surface area contributed by atoms with Gasteiger partial charge in [0, 0.05) is 23.8 Å². The predicted octanol–water partition coefficient (Wildman–Crippen LogP) is 2.93. The average Bonchev–Trinajstić information content (AvgIpc) is 2.84. The highest BCUT2D eigenvalue weighted by Gasteiger charge is 2.26. The Morgan fingerprint density at radius 1 is 1.50 bits per heavy atom. The minimum Gasteiger partial charge on any atom is -0.352 e. The molecule has 2 atom stereocenters. The van der Waals surface area contributed by atoms with Crippen molar-refractivity contribution < 1.29 is 4.79 Å². The summed E-state index contributed by atoms with van der Waals surface area (Å²) >= 11 is 3.56. The highest BCUT2D eigenvalue weighted by Crippen LogP contribution is 2.32. The van der Waals surface area contributed by atoms with Crippen LogP contribution in [0.3, 0.4) is 0 Å². The average molecular weight is 311 g/mol. The van der Waals surface area contributed by atoms with Crippen molar-refractivity contribution in [3.05, 3.63) is 29.6 Å². The Balaban J connectivity index is 1.91. The van der Waals surface area contributed by atoms with Gasteiger partial charge in [0.2, 0.25) is 0 Å². The first-order valence-electron chi connectivity index (χ1n) is 6.48. The van der Waals surface area contributed by atoms with Crippen LogP contribution in [-0.2, 0) is 0 Å². The molecule has 18 heavy (non-hydrogen) atoms. The molecule has 3 nitrogen and oxygen atoms in total. The van der Waals surface area contributed by atoms with Crippen LogP contribution in [0.1, 0.15) is 35.3 Å². The molecular formula is C14H19BrN2O. The molecule has 4 heteroatoms. The van der Waals surface area contributed by atoms with Crippen LogP contribution in [-0.4, -0.2) is 22.8 Å². The van der Waals surface area contributed by atoms with Gasteiger partial charge in [0.15, 0.2) is 0 Å². The van der Waals surface area contributed by atoms with Gasteiger partial charge in [0.1, 0.15) is 0 Å². The molecule has 1 aliphatic rings. The molecule has 0 aromatic carbocycles. The van der Waals surface area contributed by atoms with E-state index in [0.29, 0.717) is 17.4 Å². The molecule has 1 fully saturated rings. The van der Waals surface area contributed by atoms with E-state index in [4.69, 9.17) is 0 Å². The van der Waals surface area contributed by atoms with Crippen molar-refractivity contribution in [2.24, 2.45) is 11.8 Å². The Bertz CT molecular complexity index is 422. The van der Waals surface area contributed by atoms with Crippen molar-refractivity contribution in [1.29, 1.82) is 0 Å². The number of carbonyl (C=O) groups excluding carboxylic acids is 1. The van der Waals surface area contributed by atoms with Gasteiger partial charge < -0.3 is 5.32 Å². The van der Waals surface area contributed by atoms with Gasteiger partial charge in [0.05, 0.1) is 5.56 Å². The summed E-state index contributed by atoms with van der Waals surface area (Å²) < 4.78 is 0. The van der Waals surface area contributed by atoms with Crippen molar-refractivity contribution in [3.63, 3.8) is 0 Å². The molecule has 1 saturated carbocycles. The summed E-state index contributed by atoms with van der Waals surface area (Å²) in [7, 11) is 0. The molecular weight excluding hydrogens is 292 g/mol. The molecule has 0 aliphatic heterocycles. The third-order valence-corrected chi connectivity index (χ3v) is 4.62. The lowest BCUT2D eigenvalue weighted by Crippen LogP contribution is -2.31. The van der Waals surface area contributed by atoms with E-state index in [1.165, 1.54) is 19.3 Å². The zero-order valence-electron chi connectivity index (χ0n) is 10.7. The second-order valence-corrected chi connectivity index (χ2v) is 5.60. The number of hydrogen-bond donors (Lipinski definition) is 1. The minimum absolute atomic E-state index is 0.000762. The number of halogens is 1. The minimum atomic E-state index is 0.000762. The Hall–Kier alpha value is -0.900. The third-order valence-electron chi connectivity index (χ3n) is 3.79. The standard InChI is InChI=1S/C14H19BrN2O/c1-10-13(6-3-7-16-10)14(18)17-9-12-5-2-4-11(12)8-15/h3,6-7,11-12H,2,4-5,8-9H2,1H3,(H,17,18). The number of pyridine rings is 1. The first-order valence-corrected chi connectivity index (χ1v) is 7.60. The highest BCUT2D eigenvalue weighted by molar-refractivity contribution is 9.09. The summed E-state index contributed by atoms with van der Waals surface area (Å²) in [6.07, 6.45) is 5.49. The molecule has 0 bridgehead atoms. The molecule has 1 aromatic heterocycles. The zero-order chi connectivity index (χ0) is 13.0. The lowest BCUT2D eigenvalue weighted by atomic mass is 9.98. The van der Waals surface area contributed by atoms with E-state index in [-0.39, 0.29) is 5.91 Å². The molecule has 1 N–H and O–H groups in total. The fraction of sp³-hybridized carbons (Fsp3) is 0.571. The molecule has 2 rings (SSSR count). The molecule has 0 saturated heterocycles. The molecule has 1 aliphatic carbocycles. The van der Waals surface area contributed by atoms with Crippen molar-refractivity contribution in [1.82, 2.24) is 10.3 Å². The summed E-state index contributed by atoms with van der Waals surface area (Å²) in [6, 6.07) is 3.63. The maximum atomic E-state index is 12.1. The monoisotopic (exact) mass is 310 g/mol. The van der Waals surface area contributed by atoms with Crippen LogP contribution in [0.15, 0.2) is 18.3 Å².